The van der Waals surface area contributed by atoms with Crippen LogP contribution in [0.1, 0.15) is 27.3 Å². The smallest absolute Gasteiger partial charge is 0.350 e. The van der Waals surface area contributed by atoms with E-state index in [0.717, 1.165) is 33.3 Å². The number of hydrogen-bond acceptors (Lipinski definition) is 4. The van der Waals surface area contributed by atoms with Crippen molar-refractivity contribution in [2.24, 2.45) is 0 Å². The number of nitrogens with one attached hydrogen (secondary N) is 1. The van der Waals surface area contributed by atoms with Crippen LogP contribution >= 0.6 is 0 Å². The van der Waals surface area contributed by atoms with Crippen LogP contribution in [0.15, 0.2) is 71.7 Å². The fourth-order valence-corrected chi connectivity index (χ4v) is 3.61. The van der Waals surface area contributed by atoms with Gasteiger partial charge in [-0.1, -0.05) is 36.4 Å². The number of carbonyl (C=O) groups excluding carboxylic acids is 1. The normalized spacial score (nSPS) is 11.5. The third-order valence-corrected chi connectivity index (χ3v) is 5.16. The van der Waals surface area contributed by atoms with Crippen molar-refractivity contribution in [3.63, 3.8) is 0 Å². The Morgan fingerprint density at radius 2 is 1.82 bits per heavy atom. The summed E-state index contributed by atoms with van der Waals surface area (Å²) >= 11 is 0. The number of alkyl halides is 3. The molecule has 9 heteroatoms. The average molecular weight is 452 g/mol. The van der Waals surface area contributed by atoms with Gasteiger partial charge < -0.3 is 5.32 Å². The van der Waals surface area contributed by atoms with Crippen LogP contribution in [-0.2, 0) is 12.6 Å². The van der Waals surface area contributed by atoms with E-state index in [-0.39, 0.29) is 17.9 Å². The zero-order valence-corrected chi connectivity index (χ0v) is 17.6. The lowest BCUT2D eigenvalue weighted by Crippen LogP contribution is -2.33. The van der Waals surface area contributed by atoms with Crippen LogP contribution in [-0.4, -0.2) is 27.2 Å². The SMILES string of the molecule is Cc1cc(=O)c(C(=O)NCCc2cccc3cccnc23)nn1-c1ccccc1C(F)(F)F. The van der Waals surface area contributed by atoms with Gasteiger partial charge in [-0.15, -0.1) is 0 Å². The Kier molecular flexibility index (Phi) is 5.95. The van der Waals surface area contributed by atoms with Gasteiger partial charge in [0.15, 0.2) is 5.69 Å². The molecule has 2 aromatic heterocycles. The van der Waals surface area contributed by atoms with E-state index in [1.807, 2.05) is 30.3 Å². The molecule has 0 aliphatic rings. The summed E-state index contributed by atoms with van der Waals surface area (Å²) < 4.78 is 41.3. The number of halogens is 3. The first-order chi connectivity index (χ1) is 15.8. The Morgan fingerprint density at radius 3 is 2.61 bits per heavy atom. The molecule has 33 heavy (non-hydrogen) atoms. The summed E-state index contributed by atoms with van der Waals surface area (Å²) in [7, 11) is 0. The number of fused-ring (bicyclic) bond motifs is 1. The standard InChI is InChI=1S/C24H19F3N4O2/c1-15-14-20(32)22(30-31(15)19-10-3-2-9-18(19)24(25,26)27)23(33)29-13-11-17-7-4-6-16-8-5-12-28-21(16)17/h2-10,12,14H,11,13H2,1H3,(H,29,33). The minimum absolute atomic E-state index is 0.176. The predicted molar refractivity (Wildman–Crippen MR) is 117 cm³/mol. The monoisotopic (exact) mass is 452 g/mol. The first kappa shape index (κ1) is 22.2. The third kappa shape index (κ3) is 4.62. The maximum atomic E-state index is 13.5. The number of carbonyl (C=O) groups is 1. The van der Waals surface area contributed by atoms with Crippen molar-refractivity contribution in [3.05, 3.63) is 99.6 Å². The van der Waals surface area contributed by atoms with Crippen LogP contribution in [0, 0.1) is 6.92 Å². The minimum atomic E-state index is -4.62. The highest BCUT2D eigenvalue weighted by Crippen LogP contribution is 2.33. The molecule has 0 atom stereocenters. The molecule has 1 N–H and O–H groups in total. The van der Waals surface area contributed by atoms with Crippen LogP contribution < -0.4 is 10.7 Å². The van der Waals surface area contributed by atoms with Crippen molar-refractivity contribution in [3.8, 4) is 5.69 Å². The second kappa shape index (κ2) is 8.85. The molecule has 4 aromatic rings. The van der Waals surface area contributed by atoms with Crippen LogP contribution in [0.3, 0.4) is 0 Å². The van der Waals surface area contributed by atoms with E-state index in [0.29, 0.717) is 6.42 Å². The lowest BCUT2D eigenvalue weighted by atomic mass is 10.1. The van der Waals surface area contributed by atoms with Gasteiger partial charge in [0.1, 0.15) is 0 Å². The number of benzene rings is 2. The fraction of sp³-hybridized carbons (Fsp3) is 0.167. The van der Waals surface area contributed by atoms with Crippen molar-refractivity contribution >= 4 is 16.8 Å². The second-order valence-electron chi connectivity index (χ2n) is 7.42. The molecule has 1 amide bonds. The molecule has 6 nitrogen and oxygen atoms in total. The number of amides is 1. The van der Waals surface area contributed by atoms with Crippen LogP contribution in [0.2, 0.25) is 0 Å². The molecule has 2 aromatic carbocycles. The first-order valence-corrected chi connectivity index (χ1v) is 10.1. The van der Waals surface area contributed by atoms with Gasteiger partial charge in [-0.25, -0.2) is 4.68 Å². The lowest BCUT2D eigenvalue weighted by Gasteiger charge is -2.16. The molecular weight excluding hydrogens is 433 g/mol. The maximum absolute atomic E-state index is 13.5. The van der Waals surface area contributed by atoms with E-state index in [4.69, 9.17) is 0 Å². The lowest BCUT2D eigenvalue weighted by molar-refractivity contribution is -0.137. The summed E-state index contributed by atoms with van der Waals surface area (Å²) in [6, 6.07) is 15.4. The van der Waals surface area contributed by atoms with Crippen molar-refractivity contribution in [1.82, 2.24) is 20.1 Å². The van der Waals surface area contributed by atoms with Crippen molar-refractivity contribution < 1.29 is 18.0 Å². The largest absolute Gasteiger partial charge is 0.418 e. The summed E-state index contributed by atoms with van der Waals surface area (Å²) in [5.41, 5.74) is -0.422. The van der Waals surface area contributed by atoms with Gasteiger partial charge in [0.25, 0.3) is 5.91 Å². The zero-order chi connectivity index (χ0) is 23.6. The third-order valence-electron chi connectivity index (χ3n) is 5.16. The molecule has 4 rings (SSSR count). The predicted octanol–water partition coefficient (Wildman–Crippen LogP) is 4.08. The summed E-state index contributed by atoms with van der Waals surface area (Å²) in [6.07, 6.45) is -2.48. The molecule has 0 unspecified atom stereocenters. The summed E-state index contributed by atoms with van der Waals surface area (Å²) in [5, 5.41) is 7.57. The van der Waals surface area contributed by atoms with Crippen LogP contribution in [0.4, 0.5) is 13.2 Å². The average Bonchev–Trinajstić information content (AvgIpc) is 2.78. The molecule has 168 valence electrons. The van der Waals surface area contributed by atoms with Crippen molar-refractivity contribution in [1.29, 1.82) is 0 Å². The fourth-order valence-electron chi connectivity index (χ4n) is 3.61. The van der Waals surface area contributed by atoms with Gasteiger partial charge in [0, 0.05) is 29.9 Å². The van der Waals surface area contributed by atoms with E-state index in [2.05, 4.69) is 15.4 Å². The highest BCUT2D eigenvalue weighted by atomic mass is 19.4. The van der Waals surface area contributed by atoms with Crippen LogP contribution in [0.25, 0.3) is 16.6 Å². The highest BCUT2D eigenvalue weighted by molar-refractivity contribution is 5.92. The van der Waals surface area contributed by atoms with Crippen LogP contribution in [0.5, 0.6) is 0 Å². The molecule has 2 heterocycles. The highest BCUT2D eigenvalue weighted by Gasteiger charge is 2.34. The van der Waals surface area contributed by atoms with Gasteiger partial charge in [0.05, 0.1) is 16.8 Å². The topological polar surface area (TPSA) is 76.9 Å². The number of aromatic nitrogens is 3. The zero-order valence-electron chi connectivity index (χ0n) is 17.6. The molecule has 0 fully saturated rings. The molecule has 0 aliphatic carbocycles. The molecule has 0 aliphatic heterocycles. The molecule has 0 saturated carbocycles. The number of nitrogens with zero attached hydrogens (tertiary/aromatic N) is 3. The van der Waals surface area contributed by atoms with Gasteiger partial charge >= 0.3 is 6.18 Å². The van der Waals surface area contributed by atoms with Crippen molar-refractivity contribution in [2.75, 3.05) is 6.54 Å². The van der Waals surface area contributed by atoms with Gasteiger partial charge in [-0.3, -0.25) is 14.6 Å². The summed E-state index contributed by atoms with van der Waals surface area (Å²) in [5.74, 6) is -0.758. The Morgan fingerprint density at radius 1 is 1.06 bits per heavy atom. The van der Waals surface area contributed by atoms with Crippen molar-refractivity contribution in [2.45, 2.75) is 19.5 Å². The summed E-state index contributed by atoms with van der Waals surface area (Å²) in [6.45, 7) is 1.65. The van der Waals surface area contributed by atoms with E-state index >= 15 is 0 Å². The number of pyridine rings is 1. The van der Waals surface area contributed by atoms with E-state index in [1.165, 1.54) is 25.1 Å². The van der Waals surface area contributed by atoms with E-state index < -0.39 is 28.8 Å². The number of para-hydroxylation sites is 2. The van der Waals surface area contributed by atoms with E-state index in [1.54, 1.807) is 6.20 Å². The molecular formula is C24H19F3N4O2. The minimum Gasteiger partial charge on any atom is -0.350 e. The Hall–Kier alpha value is -4.01. The Labute approximate surface area is 186 Å². The number of hydrogen-bond donors (Lipinski definition) is 1. The second-order valence-corrected chi connectivity index (χ2v) is 7.42. The molecule has 0 radical (unpaired) electrons. The van der Waals surface area contributed by atoms with E-state index in [9.17, 15) is 22.8 Å². The first-order valence-electron chi connectivity index (χ1n) is 10.1. The van der Waals surface area contributed by atoms with Gasteiger partial charge in [-0.05, 0) is 37.1 Å². The van der Waals surface area contributed by atoms with Gasteiger partial charge in [-0.2, -0.15) is 18.3 Å². The Balaban J connectivity index is 1.59. The van der Waals surface area contributed by atoms with Gasteiger partial charge in [0.2, 0.25) is 5.43 Å². The maximum Gasteiger partial charge on any atom is 0.418 e. The summed E-state index contributed by atoms with van der Waals surface area (Å²) in [4.78, 5) is 29.4. The number of rotatable bonds is 5. The molecule has 0 bridgehead atoms. The molecule has 0 spiro atoms. The quantitative estimate of drug-likeness (QED) is 0.495. The Bertz CT molecular complexity index is 1390. The molecule has 0 saturated heterocycles. The number of aryl methyl sites for hydroxylation is 1.